The Balaban J connectivity index is 0.00000280. The first kappa shape index (κ1) is 22.9. The predicted molar refractivity (Wildman–Crippen MR) is 124 cm³/mol. The van der Waals surface area contributed by atoms with Crippen LogP contribution in [-0.2, 0) is 16.1 Å². The summed E-state index contributed by atoms with van der Waals surface area (Å²) in [5, 5.41) is 6.44. The van der Waals surface area contributed by atoms with Crippen LogP contribution in [-0.4, -0.2) is 50.1 Å². The number of methoxy groups -OCH3 is 1. The average Bonchev–Trinajstić information content (AvgIpc) is 3.06. The maximum absolute atomic E-state index is 12.1. The van der Waals surface area contributed by atoms with Crippen LogP contribution in [0.2, 0.25) is 0 Å². The van der Waals surface area contributed by atoms with Crippen molar-refractivity contribution < 1.29 is 9.53 Å². The fourth-order valence-corrected chi connectivity index (χ4v) is 3.65. The van der Waals surface area contributed by atoms with Gasteiger partial charge in [-0.2, -0.15) is 0 Å². The summed E-state index contributed by atoms with van der Waals surface area (Å²) in [6.07, 6.45) is 4.34. The van der Waals surface area contributed by atoms with E-state index >= 15 is 0 Å². The van der Waals surface area contributed by atoms with Crippen molar-refractivity contribution in [3.63, 3.8) is 0 Å². The number of carbonyl (C=O) groups excluding carboxylic acids is 1. The molecule has 2 aliphatic rings. The molecule has 7 heteroatoms. The zero-order valence-corrected chi connectivity index (χ0v) is 19.3. The fourth-order valence-electron chi connectivity index (χ4n) is 3.65. The number of nitrogens with zero attached hydrogens (tertiary/aromatic N) is 2. The van der Waals surface area contributed by atoms with E-state index in [4.69, 9.17) is 9.73 Å². The van der Waals surface area contributed by atoms with Gasteiger partial charge in [0.25, 0.3) is 0 Å². The molecular weight excluding hydrogens is 467 g/mol. The van der Waals surface area contributed by atoms with E-state index in [-0.39, 0.29) is 35.8 Å². The minimum absolute atomic E-state index is 0. The second kappa shape index (κ2) is 11.6. The van der Waals surface area contributed by atoms with Crippen LogP contribution >= 0.6 is 24.0 Å². The smallest absolute Gasteiger partial charge is 0.227 e. The number of benzene rings is 1. The molecule has 0 bridgehead atoms. The molecule has 0 aromatic heterocycles. The Morgan fingerprint density at radius 2 is 2.14 bits per heavy atom. The molecule has 1 aliphatic heterocycles. The highest BCUT2D eigenvalue weighted by Gasteiger charge is 2.25. The van der Waals surface area contributed by atoms with E-state index < -0.39 is 0 Å². The first-order valence-electron chi connectivity index (χ1n) is 10.1. The Hall–Kier alpha value is -1.35. The Morgan fingerprint density at radius 1 is 1.32 bits per heavy atom. The van der Waals surface area contributed by atoms with Gasteiger partial charge in [0.15, 0.2) is 5.96 Å². The molecule has 1 unspecified atom stereocenters. The standard InChI is InChI=1S/C21H32N4O2.HI/c1-3-22-21(25-11-10-17(14-25)15-27-2)23-13-16-6-4-9-19(12-16)24-20(26)18-7-5-8-18;/h4,6,9,12,17-18H,3,5,7-8,10-11,13-15H2,1-2H3,(H,22,23)(H,24,26);1H. The summed E-state index contributed by atoms with van der Waals surface area (Å²) in [6.45, 7) is 6.34. The zero-order chi connectivity index (χ0) is 19.1. The van der Waals surface area contributed by atoms with E-state index in [0.717, 1.165) is 62.7 Å². The van der Waals surface area contributed by atoms with E-state index in [9.17, 15) is 4.79 Å². The Bertz CT molecular complexity index is 664. The van der Waals surface area contributed by atoms with Gasteiger partial charge in [0, 0.05) is 44.3 Å². The quantitative estimate of drug-likeness (QED) is 0.342. The number of anilines is 1. The molecule has 1 aromatic rings. The van der Waals surface area contributed by atoms with Gasteiger partial charge < -0.3 is 20.3 Å². The van der Waals surface area contributed by atoms with Gasteiger partial charge in [0.2, 0.25) is 5.91 Å². The topological polar surface area (TPSA) is 66.0 Å². The molecule has 2 fully saturated rings. The van der Waals surface area contributed by atoms with Crippen molar-refractivity contribution in [3.05, 3.63) is 29.8 Å². The fraction of sp³-hybridized carbons (Fsp3) is 0.619. The minimum Gasteiger partial charge on any atom is -0.384 e. The number of hydrogen-bond acceptors (Lipinski definition) is 3. The van der Waals surface area contributed by atoms with Crippen LogP contribution in [0.5, 0.6) is 0 Å². The summed E-state index contributed by atoms with van der Waals surface area (Å²) in [5.74, 6) is 1.88. The van der Waals surface area contributed by atoms with Crippen LogP contribution in [0.25, 0.3) is 0 Å². The van der Waals surface area contributed by atoms with Crippen molar-refractivity contribution in [2.75, 3.05) is 38.7 Å². The molecule has 1 saturated heterocycles. The molecule has 156 valence electrons. The molecule has 1 heterocycles. The van der Waals surface area contributed by atoms with Crippen LogP contribution in [0, 0.1) is 11.8 Å². The molecular formula is C21H33IN4O2. The third-order valence-electron chi connectivity index (χ3n) is 5.40. The molecule has 0 spiro atoms. The zero-order valence-electron chi connectivity index (χ0n) is 16.9. The number of nitrogens with one attached hydrogen (secondary N) is 2. The molecule has 2 N–H and O–H groups in total. The lowest BCUT2D eigenvalue weighted by molar-refractivity contribution is -0.122. The highest BCUT2D eigenvalue weighted by molar-refractivity contribution is 14.0. The van der Waals surface area contributed by atoms with E-state index in [1.165, 1.54) is 6.42 Å². The number of amides is 1. The number of rotatable bonds is 7. The number of halogens is 1. The Kier molecular flexibility index (Phi) is 9.50. The second-order valence-corrected chi connectivity index (χ2v) is 7.54. The maximum atomic E-state index is 12.1. The SMILES string of the molecule is CCNC(=NCc1cccc(NC(=O)C2CCC2)c1)N1CCC(COC)C1.I. The second-order valence-electron chi connectivity index (χ2n) is 7.54. The van der Waals surface area contributed by atoms with Gasteiger partial charge in [0.1, 0.15) is 0 Å². The minimum atomic E-state index is 0. The van der Waals surface area contributed by atoms with Crippen LogP contribution in [0.15, 0.2) is 29.3 Å². The summed E-state index contributed by atoms with van der Waals surface area (Å²) >= 11 is 0. The molecule has 1 amide bonds. The lowest BCUT2D eigenvalue weighted by atomic mass is 9.85. The average molecular weight is 500 g/mol. The molecule has 1 aliphatic carbocycles. The molecule has 1 saturated carbocycles. The van der Waals surface area contributed by atoms with Gasteiger partial charge in [-0.15, -0.1) is 24.0 Å². The lowest BCUT2D eigenvalue weighted by Crippen LogP contribution is -2.40. The van der Waals surface area contributed by atoms with Crippen molar-refractivity contribution in [1.82, 2.24) is 10.2 Å². The highest BCUT2D eigenvalue weighted by Crippen LogP contribution is 2.27. The van der Waals surface area contributed by atoms with Crippen molar-refractivity contribution in [1.29, 1.82) is 0 Å². The first-order valence-corrected chi connectivity index (χ1v) is 10.1. The summed E-state index contributed by atoms with van der Waals surface area (Å²) in [6, 6.07) is 8.02. The van der Waals surface area contributed by atoms with Crippen LogP contribution in [0.1, 0.15) is 38.2 Å². The third-order valence-corrected chi connectivity index (χ3v) is 5.40. The summed E-state index contributed by atoms with van der Waals surface area (Å²) in [7, 11) is 1.76. The largest absolute Gasteiger partial charge is 0.384 e. The molecule has 28 heavy (non-hydrogen) atoms. The van der Waals surface area contributed by atoms with Gasteiger partial charge in [-0.1, -0.05) is 18.6 Å². The van der Waals surface area contributed by atoms with Gasteiger partial charge in [0.05, 0.1) is 13.2 Å². The number of hydrogen-bond donors (Lipinski definition) is 2. The number of guanidine groups is 1. The van der Waals surface area contributed by atoms with Crippen molar-refractivity contribution in [2.24, 2.45) is 16.8 Å². The molecule has 1 atom stereocenters. The summed E-state index contributed by atoms with van der Waals surface area (Å²) in [5.41, 5.74) is 1.97. The Morgan fingerprint density at radius 3 is 2.82 bits per heavy atom. The maximum Gasteiger partial charge on any atom is 0.227 e. The van der Waals surface area contributed by atoms with Crippen LogP contribution in [0.4, 0.5) is 5.69 Å². The molecule has 1 aromatic carbocycles. The van der Waals surface area contributed by atoms with E-state index in [0.29, 0.717) is 12.5 Å². The lowest BCUT2D eigenvalue weighted by Gasteiger charge is -2.24. The van der Waals surface area contributed by atoms with Crippen LogP contribution in [0.3, 0.4) is 0 Å². The van der Waals surface area contributed by atoms with Crippen molar-refractivity contribution in [2.45, 2.75) is 39.2 Å². The number of ether oxygens (including phenoxy) is 1. The summed E-state index contributed by atoms with van der Waals surface area (Å²) in [4.78, 5) is 19.3. The number of carbonyl (C=O) groups is 1. The highest BCUT2D eigenvalue weighted by atomic mass is 127. The molecule has 6 nitrogen and oxygen atoms in total. The van der Waals surface area contributed by atoms with Gasteiger partial charge >= 0.3 is 0 Å². The molecule has 0 radical (unpaired) electrons. The number of aliphatic imine (C=N–C) groups is 1. The summed E-state index contributed by atoms with van der Waals surface area (Å²) < 4.78 is 5.30. The van der Waals surface area contributed by atoms with Gasteiger partial charge in [-0.3, -0.25) is 4.79 Å². The van der Waals surface area contributed by atoms with Gasteiger partial charge in [-0.05, 0) is 43.9 Å². The number of likely N-dealkylation sites (tertiary alicyclic amines) is 1. The Labute approximate surface area is 185 Å². The van der Waals surface area contributed by atoms with Crippen molar-refractivity contribution in [3.8, 4) is 0 Å². The predicted octanol–water partition coefficient (Wildman–Crippen LogP) is 3.48. The molecule has 3 rings (SSSR count). The van der Waals surface area contributed by atoms with E-state index in [1.54, 1.807) is 7.11 Å². The van der Waals surface area contributed by atoms with Gasteiger partial charge in [-0.25, -0.2) is 4.99 Å². The third kappa shape index (κ3) is 6.34. The van der Waals surface area contributed by atoms with E-state index in [1.807, 2.05) is 18.2 Å². The van der Waals surface area contributed by atoms with Crippen LogP contribution < -0.4 is 10.6 Å². The first-order chi connectivity index (χ1) is 13.2. The van der Waals surface area contributed by atoms with Crippen molar-refractivity contribution >= 4 is 41.5 Å². The monoisotopic (exact) mass is 500 g/mol. The van der Waals surface area contributed by atoms with E-state index in [2.05, 4.69) is 28.5 Å². The normalized spacial score (nSPS) is 19.7.